The molecule has 0 fully saturated rings. The van der Waals surface area contributed by atoms with E-state index >= 15 is 0 Å². The highest BCUT2D eigenvalue weighted by Crippen LogP contribution is 2.21. The van der Waals surface area contributed by atoms with Gasteiger partial charge in [0.05, 0.1) is 0 Å². The average Bonchev–Trinajstić information content (AvgIpc) is 2.76. The molecule has 0 aliphatic heterocycles. The molecule has 0 spiro atoms. The molecule has 0 aliphatic rings. The van der Waals surface area contributed by atoms with Crippen molar-refractivity contribution in [3.8, 4) is 5.88 Å². The van der Waals surface area contributed by atoms with Crippen LogP contribution in [0.25, 0.3) is 0 Å². The van der Waals surface area contributed by atoms with Crippen LogP contribution in [0.5, 0.6) is 5.88 Å². The van der Waals surface area contributed by atoms with E-state index in [-0.39, 0.29) is 6.10 Å². The average molecular weight is 232 g/mol. The third-order valence-electron chi connectivity index (χ3n) is 2.58. The van der Waals surface area contributed by atoms with E-state index in [1.165, 1.54) is 0 Å². The van der Waals surface area contributed by atoms with E-state index in [1.54, 1.807) is 12.4 Å². The maximum Gasteiger partial charge on any atom is 0.218 e. The lowest BCUT2D eigenvalue weighted by atomic mass is 10.2. The number of hydrogen-bond acceptors (Lipinski definition) is 4. The second kappa shape index (κ2) is 4.97. The van der Waals surface area contributed by atoms with Gasteiger partial charge >= 0.3 is 0 Å². The van der Waals surface area contributed by atoms with Crippen molar-refractivity contribution in [3.05, 3.63) is 42.1 Å². The SMILES string of the molecule is CC(Oc1ncccc1CN)c1nccn1C. The first-order chi connectivity index (χ1) is 8.22. The first-order valence-electron chi connectivity index (χ1n) is 5.50. The predicted octanol–water partition coefficient (Wildman–Crippen LogP) is 1.41. The Bertz CT molecular complexity index is 495. The molecule has 5 nitrogen and oxygen atoms in total. The van der Waals surface area contributed by atoms with Crippen LogP contribution in [-0.2, 0) is 13.6 Å². The van der Waals surface area contributed by atoms with E-state index in [0.29, 0.717) is 12.4 Å². The van der Waals surface area contributed by atoms with Crippen molar-refractivity contribution in [1.82, 2.24) is 14.5 Å². The minimum atomic E-state index is -0.157. The molecule has 0 bridgehead atoms. The van der Waals surface area contributed by atoms with Crippen LogP contribution < -0.4 is 10.5 Å². The molecule has 1 unspecified atom stereocenters. The van der Waals surface area contributed by atoms with E-state index in [9.17, 15) is 0 Å². The maximum atomic E-state index is 5.79. The van der Waals surface area contributed by atoms with Crippen molar-refractivity contribution < 1.29 is 4.74 Å². The van der Waals surface area contributed by atoms with Crippen LogP contribution in [0.2, 0.25) is 0 Å². The van der Waals surface area contributed by atoms with Crippen molar-refractivity contribution in [2.24, 2.45) is 12.8 Å². The van der Waals surface area contributed by atoms with Crippen molar-refractivity contribution in [1.29, 1.82) is 0 Å². The van der Waals surface area contributed by atoms with Crippen LogP contribution in [0.4, 0.5) is 0 Å². The summed E-state index contributed by atoms with van der Waals surface area (Å²) >= 11 is 0. The number of nitrogens with two attached hydrogens (primary N) is 1. The molecule has 1 atom stereocenters. The summed E-state index contributed by atoms with van der Waals surface area (Å²) in [5.41, 5.74) is 6.53. The van der Waals surface area contributed by atoms with Gasteiger partial charge in [0.2, 0.25) is 5.88 Å². The molecule has 90 valence electrons. The van der Waals surface area contributed by atoms with Crippen LogP contribution in [0.15, 0.2) is 30.7 Å². The summed E-state index contributed by atoms with van der Waals surface area (Å²) in [4.78, 5) is 8.44. The molecular formula is C12H16N4O. The monoisotopic (exact) mass is 232 g/mol. The van der Waals surface area contributed by atoms with Gasteiger partial charge in [0, 0.05) is 37.7 Å². The molecule has 2 rings (SSSR count). The van der Waals surface area contributed by atoms with Gasteiger partial charge in [-0.1, -0.05) is 6.07 Å². The Morgan fingerprint density at radius 2 is 2.24 bits per heavy atom. The van der Waals surface area contributed by atoms with Crippen LogP contribution in [0, 0.1) is 0 Å². The third-order valence-corrected chi connectivity index (χ3v) is 2.58. The summed E-state index contributed by atoms with van der Waals surface area (Å²) in [5.74, 6) is 1.43. The minimum Gasteiger partial charge on any atom is -0.466 e. The number of pyridine rings is 1. The van der Waals surface area contributed by atoms with Crippen molar-refractivity contribution in [2.45, 2.75) is 19.6 Å². The quantitative estimate of drug-likeness (QED) is 0.865. The Morgan fingerprint density at radius 1 is 1.41 bits per heavy atom. The molecule has 0 radical (unpaired) electrons. The highest BCUT2D eigenvalue weighted by atomic mass is 16.5. The van der Waals surface area contributed by atoms with Crippen LogP contribution >= 0.6 is 0 Å². The van der Waals surface area contributed by atoms with E-state index in [4.69, 9.17) is 10.5 Å². The Balaban J connectivity index is 2.18. The molecule has 2 aromatic heterocycles. The molecule has 0 aliphatic carbocycles. The number of ether oxygens (including phenoxy) is 1. The largest absolute Gasteiger partial charge is 0.466 e. The lowest BCUT2D eigenvalue weighted by molar-refractivity contribution is 0.201. The van der Waals surface area contributed by atoms with Crippen LogP contribution in [-0.4, -0.2) is 14.5 Å². The minimum absolute atomic E-state index is 0.157. The molecule has 2 N–H and O–H groups in total. The normalized spacial score (nSPS) is 12.4. The fourth-order valence-corrected chi connectivity index (χ4v) is 1.67. The van der Waals surface area contributed by atoms with Gasteiger partial charge in [-0.15, -0.1) is 0 Å². The lowest BCUT2D eigenvalue weighted by Gasteiger charge is -2.15. The van der Waals surface area contributed by atoms with Crippen LogP contribution in [0.3, 0.4) is 0 Å². The smallest absolute Gasteiger partial charge is 0.218 e. The van der Waals surface area contributed by atoms with Gasteiger partial charge in [-0.25, -0.2) is 9.97 Å². The number of aryl methyl sites for hydroxylation is 1. The van der Waals surface area contributed by atoms with Gasteiger partial charge < -0.3 is 15.0 Å². The van der Waals surface area contributed by atoms with Gasteiger partial charge in [-0.3, -0.25) is 0 Å². The molecule has 0 amide bonds. The van der Waals surface area contributed by atoms with Crippen molar-refractivity contribution in [2.75, 3.05) is 0 Å². The number of aromatic nitrogens is 3. The summed E-state index contributed by atoms with van der Waals surface area (Å²) in [6, 6.07) is 3.76. The number of hydrogen-bond donors (Lipinski definition) is 1. The zero-order valence-electron chi connectivity index (χ0n) is 10.00. The molecular weight excluding hydrogens is 216 g/mol. The molecule has 2 aromatic rings. The lowest BCUT2D eigenvalue weighted by Crippen LogP contribution is -2.12. The second-order valence-corrected chi connectivity index (χ2v) is 3.83. The molecule has 5 heteroatoms. The summed E-state index contributed by atoms with van der Waals surface area (Å²) in [7, 11) is 1.93. The van der Waals surface area contributed by atoms with Gasteiger partial charge in [-0.05, 0) is 13.0 Å². The molecule has 0 saturated carbocycles. The summed E-state index contributed by atoms with van der Waals surface area (Å²) in [6.45, 7) is 2.35. The van der Waals surface area contributed by atoms with Gasteiger partial charge in [0.25, 0.3) is 0 Å². The van der Waals surface area contributed by atoms with Gasteiger partial charge in [0.1, 0.15) is 5.82 Å². The Labute approximate surface area is 100 Å². The number of imidazole rings is 1. The Morgan fingerprint density at radius 3 is 2.88 bits per heavy atom. The maximum absolute atomic E-state index is 5.79. The zero-order chi connectivity index (χ0) is 12.3. The zero-order valence-corrected chi connectivity index (χ0v) is 10.00. The first-order valence-corrected chi connectivity index (χ1v) is 5.50. The molecule has 0 aromatic carbocycles. The molecule has 0 saturated heterocycles. The predicted molar refractivity (Wildman–Crippen MR) is 64.4 cm³/mol. The Hall–Kier alpha value is -1.88. The fraction of sp³-hybridized carbons (Fsp3) is 0.333. The van der Waals surface area contributed by atoms with Crippen molar-refractivity contribution in [3.63, 3.8) is 0 Å². The van der Waals surface area contributed by atoms with E-state index in [2.05, 4.69) is 9.97 Å². The van der Waals surface area contributed by atoms with Gasteiger partial charge in [0.15, 0.2) is 6.10 Å². The van der Waals surface area contributed by atoms with Gasteiger partial charge in [-0.2, -0.15) is 0 Å². The number of rotatable bonds is 4. The first kappa shape index (κ1) is 11.6. The molecule has 2 heterocycles. The van der Waals surface area contributed by atoms with Crippen molar-refractivity contribution >= 4 is 0 Å². The fourth-order valence-electron chi connectivity index (χ4n) is 1.67. The van der Waals surface area contributed by atoms with E-state index < -0.39 is 0 Å². The highest BCUT2D eigenvalue weighted by molar-refractivity contribution is 5.25. The molecule has 17 heavy (non-hydrogen) atoms. The third kappa shape index (κ3) is 2.45. The van der Waals surface area contributed by atoms with E-state index in [0.717, 1.165) is 11.4 Å². The summed E-state index contributed by atoms with van der Waals surface area (Å²) < 4.78 is 7.71. The standard InChI is InChI=1S/C12H16N4O/c1-9(11-14-6-7-16(11)2)17-12-10(8-13)4-3-5-15-12/h3-7,9H,8,13H2,1-2H3. The van der Waals surface area contributed by atoms with Crippen LogP contribution in [0.1, 0.15) is 24.4 Å². The summed E-state index contributed by atoms with van der Waals surface area (Å²) in [5, 5.41) is 0. The number of nitrogens with zero attached hydrogens (tertiary/aromatic N) is 3. The topological polar surface area (TPSA) is 66.0 Å². The summed E-state index contributed by atoms with van der Waals surface area (Å²) in [6.07, 6.45) is 5.17. The van der Waals surface area contributed by atoms with E-state index in [1.807, 2.05) is 36.9 Å². The highest BCUT2D eigenvalue weighted by Gasteiger charge is 2.14. The second-order valence-electron chi connectivity index (χ2n) is 3.83. The Kier molecular flexibility index (Phi) is 3.39.